The summed E-state index contributed by atoms with van der Waals surface area (Å²) in [5, 5.41) is 3.72. The molecule has 3 aliphatic rings. The van der Waals surface area contributed by atoms with E-state index < -0.39 is 0 Å². The van der Waals surface area contributed by atoms with E-state index in [1.165, 1.54) is 25.7 Å². The zero-order chi connectivity index (χ0) is 10.6. The number of nitrogens with one attached hydrogen (secondary N) is 1. The molecule has 3 fully saturated rings. The van der Waals surface area contributed by atoms with E-state index in [0.29, 0.717) is 23.5 Å². The summed E-state index contributed by atoms with van der Waals surface area (Å²) >= 11 is 0. The van der Waals surface area contributed by atoms with Crippen LogP contribution in [-0.2, 0) is 4.79 Å². The quantitative estimate of drug-likeness (QED) is 0.647. The average Bonchev–Trinajstić information content (AvgIpc) is 2.50. The highest BCUT2D eigenvalue weighted by Gasteiger charge is 2.56. The molecule has 2 aliphatic heterocycles. The molecule has 0 aromatic rings. The number of hydrogen-bond donors (Lipinski definition) is 1. The van der Waals surface area contributed by atoms with Gasteiger partial charge in [0.05, 0.1) is 0 Å². The summed E-state index contributed by atoms with van der Waals surface area (Å²) in [4.78, 5) is 13.8. The highest BCUT2D eigenvalue weighted by atomic mass is 16.2. The molecular weight excluding hydrogens is 188 g/mol. The molecule has 4 atom stereocenters. The Balaban J connectivity index is 1.97. The topological polar surface area (TPSA) is 32.3 Å². The molecule has 1 N–H and O–H groups in total. The normalized spacial score (nSPS) is 48.1. The van der Waals surface area contributed by atoms with E-state index in [1.807, 2.05) is 0 Å². The van der Waals surface area contributed by atoms with Crippen molar-refractivity contribution in [2.75, 3.05) is 6.54 Å². The molecule has 2 saturated heterocycles. The smallest absolute Gasteiger partial charge is 0.219 e. The van der Waals surface area contributed by atoms with Gasteiger partial charge in [-0.2, -0.15) is 0 Å². The number of amides is 1. The second-order valence-corrected chi connectivity index (χ2v) is 5.74. The van der Waals surface area contributed by atoms with Gasteiger partial charge in [0.15, 0.2) is 0 Å². The van der Waals surface area contributed by atoms with Crippen molar-refractivity contribution < 1.29 is 4.79 Å². The maximum Gasteiger partial charge on any atom is 0.219 e. The van der Waals surface area contributed by atoms with Gasteiger partial charge in [-0.25, -0.2) is 0 Å². The second-order valence-electron chi connectivity index (χ2n) is 5.74. The minimum absolute atomic E-state index is 0.264. The van der Waals surface area contributed by atoms with Gasteiger partial charge in [0.1, 0.15) is 0 Å². The number of rotatable bonds is 0. The minimum atomic E-state index is 0.264. The summed E-state index contributed by atoms with van der Waals surface area (Å²) in [5.74, 6) is 0.264. The van der Waals surface area contributed by atoms with Crippen molar-refractivity contribution in [1.29, 1.82) is 0 Å². The van der Waals surface area contributed by atoms with Crippen LogP contribution in [0.15, 0.2) is 0 Å². The Labute approximate surface area is 91.2 Å². The molecule has 84 valence electrons. The Hall–Kier alpha value is -0.570. The zero-order valence-corrected chi connectivity index (χ0v) is 9.62. The predicted octanol–water partition coefficient (Wildman–Crippen LogP) is 1.14. The van der Waals surface area contributed by atoms with Gasteiger partial charge in [-0.15, -0.1) is 0 Å². The fourth-order valence-electron chi connectivity index (χ4n) is 4.18. The van der Waals surface area contributed by atoms with Crippen molar-refractivity contribution in [1.82, 2.24) is 10.2 Å². The lowest BCUT2D eigenvalue weighted by atomic mass is 9.66. The largest absolute Gasteiger partial charge is 0.338 e. The first-order valence-corrected chi connectivity index (χ1v) is 6.14. The van der Waals surface area contributed by atoms with Crippen LogP contribution in [-0.4, -0.2) is 35.5 Å². The van der Waals surface area contributed by atoms with Crippen LogP contribution in [0.25, 0.3) is 0 Å². The van der Waals surface area contributed by atoms with Crippen LogP contribution in [0, 0.1) is 5.41 Å². The van der Waals surface area contributed by atoms with Crippen molar-refractivity contribution in [2.45, 2.75) is 57.7 Å². The summed E-state index contributed by atoms with van der Waals surface area (Å²) in [7, 11) is 0. The zero-order valence-electron chi connectivity index (χ0n) is 9.62. The van der Waals surface area contributed by atoms with Crippen molar-refractivity contribution in [3.05, 3.63) is 0 Å². The van der Waals surface area contributed by atoms with Gasteiger partial charge in [0.25, 0.3) is 0 Å². The number of fused-ring (bicyclic) bond motifs is 1. The summed E-state index contributed by atoms with van der Waals surface area (Å²) < 4.78 is 0. The molecule has 0 radical (unpaired) electrons. The van der Waals surface area contributed by atoms with Crippen LogP contribution in [0.1, 0.15) is 39.5 Å². The third kappa shape index (κ3) is 1.19. The van der Waals surface area contributed by atoms with E-state index in [2.05, 4.69) is 17.1 Å². The second kappa shape index (κ2) is 2.97. The molecule has 15 heavy (non-hydrogen) atoms. The maximum atomic E-state index is 11.7. The molecule has 0 aromatic carbocycles. The third-order valence-electron chi connectivity index (χ3n) is 4.85. The van der Waals surface area contributed by atoms with Crippen LogP contribution in [0.2, 0.25) is 0 Å². The Kier molecular flexibility index (Phi) is 1.91. The lowest BCUT2D eigenvalue weighted by Gasteiger charge is -2.49. The van der Waals surface area contributed by atoms with E-state index >= 15 is 0 Å². The number of nitrogens with zero attached hydrogens (tertiary/aromatic N) is 1. The van der Waals surface area contributed by atoms with Crippen LogP contribution < -0.4 is 5.32 Å². The van der Waals surface area contributed by atoms with Crippen molar-refractivity contribution in [3.63, 3.8) is 0 Å². The van der Waals surface area contributed by atoms with Crippen LogP contribution in [0.4, 0.5) is 0 Å². The summed E-state index contributed by atoms with van der Waals surface area (Å²) in [6.45, 7) is 5.04. The van der Waals surface area contributed by atoms with E-state index in [0.717, 1.165) is 6.54 Å². The molecule has 1 saturated carbocycles. The molecule has 3 rings (SSSR count). The van der Waals surface area contributed by atoms with Crippen LogP contribution in [0.3, 0.4) is 0 Å². The van der Waals surface area contributed by atoms with E-state index in [4.69, 9.17) is 0 Å². The molecule has 1 amide bonds. The highest BCUT2D eigenvalue weighted by molar-refractivity contribution is 5.74. The van der Waals surface area contributed by atoms with Crippen LogP contribution in [0.5, 0.6) is 0 Å². The van der Waals surface area contributed by atoms with Gasteiger partial charge in [-0.1, -0.05) is 6.92 Å². The van der Waals surface area contributed by atoms with E-state index in [1.54, 1.807) is 6.92 Å². The number of likely N-dealkylation sites (tertiary alicyclic amines) is 1. The lowest BCUT2D eigenvalue weighted by molar-refractivity contribution is -0.137. The fraction of sp³-hybridized carbons (Fsp3) is 0.917. The van der Waals surface area contributed by atoms with Gasteiger partial charge >= 0.3 is 0 Å². The van der Waals surface area contributed by atoms with Crippen molar-refractivity contribution in [3.8, 4) is 0 Å². The molecule has 2 bridgehead atoms. The molecule has 3 heteroatoms. The van der Waals surface area contributed by atoms with Crippen molar-refractivity contribution in [2.24, 2.45) is 5.41 Å². The summed E-state index contributed by atoms with van der Waals surface area (Å²) in [5.41, 5.74) is 0.354. The Morgan fingerprint density at radius 1 is 1.47 bits per heavy atom. The number of piperidine rings is 1. The molecule has 0 unspecified atom stereocenters. The summed E-state index contributed by atoms with van der Waals surface area (Å²) in [6, 6.07) is 1.71. The monoisotopic (exact) mass is 208 g/mol. The van der Waals surface area contributed by atoms with Gasteiger partial charge < -0.3 is 10.2 Å². The predicted molar refractivity (Wildman–Crippen MR) is 58.5 cm³/mol. The minimum Gasteiger partial charge on any atom is -0.338 e. The first-order chi connectivity index (χ1) is 7.11. The maximum absolute atomic E-state index is 11.7. The van der Waals surface area contributed by atoms with E-state index in [9.17, 15) is 4.79 Å². The fourth-order valence-corrected chi connectivity index (χ4v) is 4.18. The van der Waals surface area contributed by atoms with Crippen LogP contribution >= 0.6 is 0 Å². The van der Waals surface area contributed by atoms with Gasteiger partial charge in [0, 0.05) is 37.0 Å². The molecule has 3 nitrogen and oxygen atoms in total. The number of carbonyl (C=O) groups excluding carboxylic acids is 1. The standard InChI is InChI=1S/C12H20N2O/c1-8(15)14-7-9-6-12(2)10(13-9)4-3-5-11(12)14/h9-11,13H,3-7H2,1-2H3/t9-,10-,11+,12-/m0/s1. The first-order valence-electron chi connectivity index (χ1n) is 6.14. The van der Waals surface area contributed by atoms with E-state index in [-0.39, 0.29) is 5.91 Å². The Morgan fingerprint density at radius 2 is 2.27 bits per heavy atom. The molecule has 1 aliphatic carbocycles. The third-order valence-corrected chi connectivity index (χ3v) is 4.85. The highest BCUT2D eigenvalue weighted by Crippen LogP contribution is 2.49. The number of hydrogen-bond acceptors (Lipinski definition) is 2. The molecule has 2 heterocycles. The Bertz CT molecular complexity index is 304. The SMILES string of the molecule is CC(=O)N1C[C@@H]2C[C@@]3(C)[C@H](CCC[C@@H]13)N2. The Morgan fingerprint density at radius 3 is 3.00 bits per heavy atom. The first kappa shape index (κ1) is 9.64. The molecule has 0 spiro atoms. The summed E-state index contributed by atoms with van der Waals surface area (Å²) in [6.07, 6.45) is 5.05. The van der Waals surface area contributed by atoms with Gasteiger partial charge in [-0.05, 0) is 25.7 Å². The molecular formula is C12H20N2O. The molecule has 0 aromatic heterocycles. The lowest BCUT2D eigenvalue weighted by Crippen LogP contribution is -2.57. The average molecular weight is 208 g/mol. The van der Waals surface area contributed by atoms with Crippen molar-refractivity contribution >= 4 is 5.91 Å². The van der Waals surface area contributed by atoms with Gasteiger partial charge in [-0.3, -0.25) is 4.79 Å². The van der Waals surface area contributed by atoms with Gasteiger partial charge in [0.2, 0.25) is 5.91 Å². The number of carbonyl (C=O) groups is 1.